The van der Waals surface area contributed by atoms with Crippen molar-refractivity contribution >= 4 is 17.8 Å². The van der Waals surface area contributed by atoms with Gasteiger partial charge in [0.05, 0.1) is 6.04 Å². The van der Waals surface area contributed by atoms with Crippen LogP contribution in [0.25, 0.3) is 11.1 Å². The monoisotopic (exact) mass is 484 g/mol. The summed E-state index contributed by atoms with van der Waals surface area (Å²) in [5.74, 6) is -2.54. The van der Waals surface area contributed by atoms with E-state index in [1.165, 1.54) is 19.2 Å². The van der Waals surface area contributed by atoms with Crippen molar-refractivity contribution < 1.29 is 29.7 Å². The third-order valence-corrected chi connectivity index (χ3v) is 6.34. The van der Waals surface area contributed by atoms with Gasteiger partial charge < -0.3 is 37.0 Å². The highest BCUT2D eigenvalue weighted by Gasteiger charge is 2.33. The van der Waals surface area contributed by atoms with Gasteiger partial charge in [-0.15, -0.1) is 0 Å². The molecule has 0 aromatic heterocycles. The number of carbonyl (C=O) groups excluding carboxylic acids is 2. The zero-order chi connectivity index (χ0) is 25.7. The van der Waals surface area contributed by atoms with Gasteiger partial charge in [-0.1, -0.05) is 12.1 Å². The highest BCUT2D eigenvalue weighted by Crippen LogP contribution is 2.31. The number of likely N-dealkylation sites (N-methyl/N-ethyl adjacent to an activating group) is 1. The minimum absolute atomic E-state index is 0.0216. The maximum atomic E-state index is 13.3. The van der Waals surface area contributed by atoms with Gasteiger partial charge in [0.2, 0.25) is 11.8 Å². The maximum Gasteiger partial charge on any atom is 0.326 e. The Bertz CT molecular complexity index is 1110. The zero-order valence-corrected chi connectivity index (χ0v) is 19.6. The number of fused-ring (bicyclic) bond motifs is 5. The average Bonchev–Trinajstić information content (AvgIpc) is 2.82. The summed E-state index contributed by atoms with van der Waals surface area (Å²) in [6.45, 7) is 0.410. The van der Waals surface area contributed by atoms with Crippen LogP contribution in [0.15, 0.2) is 36.4 Å². The molecule has 0 fully saturated rings. The van der Waals surface area contributed by atoms with Gasteiger partial charge in [0.1, 0.15) is 23.6 Å². The smallest absolute Gasteiger partial charge is 0.326 e. The Morgan fingerprint density at radius 2 is 1.60 bits per heavy atom. The van der Waals surface area contributed by atoms with Crippen molar-refractivity contribution in [1.82, 2.24) is 10.2 Å². The van der Waals surface area contributed by atoms with Crippen LogP contribution in [0.5, 0.6) is 11.5 Å². The van der Waals surface area contributed by atoms with E-state index in [0.717, 1.165) is 4.90 Å². The molecule has 0 saturated heterocycles. The average molecular weight is 485 g/mol. The highest BCUT2D eigenvalue weighted by atomic mass is 16.4. The third-order valence-electron chi connectivity index (χ3n) is 6.34. The number of nitrogens with two attached hydrogens (primary N) is 2. The predicted octanol–water partition coefficient (Wildman–Crippen LogP) is 0.716. The molecule has 10 nitrogen and oxygen atoms in total. The first-order valence-corrected chi connectivity index (χ1v) is 11.5. The number of hydrogen-bond donors (Lipinski definition) is 6. The molecule has 8 N–H and O–H groups in total. The number of carbonyl (C=O) groups is 3. The van der Waals surface area contributed by atoms with Crippen molar-refractivity contribution in [3.05, 3.63) is 47.5 Å². The number of rotatable bonds is 5. The molecule has 35 heavy (non-hydrogen) atoms. The van der Waals surface area contributed by atoms with Gasteiger partial charge in [0.25, 0.3) is 0 Å². The number of phenolic OH excluding ortho intramolecular Hbond substituents is 2. The van der Waals surface area contributed by atoms with Crippen LogP contribution in [0.3, 0.4) is 0 Å². The van der Waals surface area contributed by atoms with E-state index in [1.807, 2.05) is 0 Å². The Labute approximate surface area is 203 Å². The van der Waals surface area contributed by atoms with Gasteiger partial charge in [0, 0.05) is 19.9 Å². The summed E-state index contributed by atoms with van der Waals surface area (Å²) in [7, 11) is 1.36. The molecule has 3 rings (SSSR count). The lowest BCUT2D eigenvalue weighted by atomic mass is 9.95. The minimum atomic E-state index is -1.29. The molecule has 1 aliphatic heterocycles. The molecule has 4 bridgehead atoms. The van der Waals surface area contributed by atoms with Gasteiger partial charge in [-0.3, -0.25) is 9.59 Å². The molecular weight excluding hydrogens is 452 g/mol. The number of amides is 2. The summed E-state index contributed by atoms with van der Waals surface area (Å²) in [5.41, 5.74) is 13.8. The summed E-state index contributed by atoms with van der Waals surface area (Å²) >= 11 is 0. The minimum Gasteiger partial charge on any atom is -0.508 e. The quantitative estimate of drug-likeness (QED) is 0.336. The lowest BCUT2D eigenvalue weighted by molar-refractivity contribution is -0.150. The van der Waals surface area contributed by atoms with Crippen LogP contribution in [0, 0.1) is 0 Å². The van der Waals surface area contributed by atoms with Crippen molar-refractivity contribution in [1.29, 1.82) is 0 Å². The number of nitrogens with zero attached hydrogens (tertiary/aromatic N) is 1. The van der Waals surface area contributed by atoms with Crippen LogP contribution in [0.4, 0.5) is 0 Å². The van der Waals surface area contributed by atoms with Gasteiger partial charge in [-0.25, -0.2) is 4.79 Å². The van der Waals surface area contributed by atoms with Crippen molar-refractivity contribution in [3.8, 4) is 22.6 Å². The number of aliphatic carboxylic acids is 1. The highest BCUT2D eigenvalue weighted by molar-refractivity contribution is 5.92. The fourth-order valence-corrected chi connectivity index (χ4v) is 4.21. The number of unbranched alkanes of at least 4 members (excludes halogenated alkanes) is 1. The van der Waals surface area contributed by atoms with Crippen molar-refractivity contribution in [3.63, 3.8) is 0 Å². The summed E-state index contributed by atoms with van der Waals surface area (Å²) < 4.78 is 0. The van der Waals surface area contributed by atoms with Crippen molar-refractivity contribution in [2.75, 3.05) is 13.6 Å². The normalized spacial score (nSPS) is 21.1. The number of carboxylic acids is 1. The fraction of sp³-hybridized carbons (Fsp3) is 0.400. The number of carboxylic acid groups (broad SMARTS) is 1. The van der Waals surface area contributed by atoms with Crippen LogP contribution in [0.1, 0.15) is 30.4 Å². The van der Waals surface area contributed by atoms with E-state index in [9.17, 15) is 29.7 Å². The van der Waals surface area contributed by atoms with E-state index in [1.54, 1.807) is 24.3 Å². The first-order chi connectivity index (χ1) is 16.6. The molecule has 1 heterocycles. The number of phenols is 2. The summed E-state index contributed by atoms with van der Waals surface area (Å²) in [4.78, 5) is 39.5. The molecule has 2 aromatic carbocycles. The Kier molecular flexibility index (Phi) is 8.31. The Morgan fingerprint density at radius 3 is 2.14 bits per heavy atom. The van der Waals surface area contributed by atoms with E-state index >= 15 is 0 Å². The van der Waals surface area contributed by atoms with Gasteiger partial charge in [0.15, 0.2) is 0 Å². The van der Waals surface area contributed by atoms with Crippen LogP contribution >= 0.6 is 0 Å². The lowest BCUT2D eigenvalue weighted by Gasteiger charge is -2.30. The Balaban J connectivity index is 2.10. The third kappa shape index (κ3) is 6.09. The molecule has 0 unspecified atom stereocenters. The topological polar surface area (TPSA) is 179 Å². The molecule has 2 amide bonds. The number of aromatic hydroxyl groups is 2. The Morgan fingerprint density at radius 1 is 1.03 bits per heavy atom. The molecule has 1 aliphatic rings. The second-order valence-electron chi connectivity index (χ2n) is 8.85. The molecule has 0 aliphatic carbocycles. The molecule has 0 radical (unpaired) electrons. The van der Waals surface area contributed by atoms with Crippen LogP contribution < -0.4 is 16.8 Å². The maximum absolute atomic E-state index is 13.3. The van der Waals surface area contributed by atoms with Gasteiger partial charge in [-0.05, 0) is 72.3 Å². The summed E-state index contributed by atoms with van der Waals surface area (Å²) in [6, 6.07) is 6.30. The molecule has 188 valence electrons. The number of nitrogens with one attached hydrogen (secondary N) is 1. The first-order valence-electron chi connectivity index (χ1n) is 11.5. The predicted molar refractivity (Wildman–Crippen MR) is 130 cm³/mol. The van der Waals surface area contributed by atoms with Gasteiger partial charge >= 0.3 is 5.97 Å². The molecule has 0 spiro atoms. The SMILES string of the molecule is CN1C(=O)[C@H](CCCCN)NC(=O)[C@@H](N)Cc2cc(ccc2O)-c2ccc(O)c(c2)C[C@H]1C(=O)O. The van der Waals surface area contributed by atoms with Crippen LogP contribution in [-0.4, -0.2) is 69.7 Å². The van der Waals surface area contributed by atoms with E-state index in [-0.39, 0.29) is 30.8 Å². The summed E-state index contributed by atoms with van der Waals surface area (Å²) in [6.07, 6.45) is 1.30. The molecule has 10 heteroatoms. The Hall–Kier alpha value is -3.63. The van der Waals surface area contributed by atoms with E-state index < -0.39 is 35.9 Å². The number of benzene rings is 2. The van der Waals surface area contributed by atoms with E-state index in [4.69, 9.17) is 11.5 Å². The standard InChI is InChI=1S/C25H32N4O6/c1-29-20(25(34)35)13-17-11-15(6-8-22(17)31)14-5-7-21(30)16(10-14)12-18(27)23(32)28-19(24(29)33)4-2-3-9-26/h5-8,10-11,18-20,30-31H,2-4,9,12-13,26-27H2,1H3,(H,28,32)(H,34,35)/t18-,19-,20-/m0/s1. The van der Waals surface area contributed by atoms with Crippen LogP contribution in [-0.2, 0) is 27.2 Å². The van der Waals surface area contributed by atoms with Gasteiger partial charge in [-0.2, -0.15) is 0 Å². The molecule has 2 aromatic rings. The summed E-state index contributed by atoms with van der Waals surface area (Å²) in [5, 5.41) is 33.3. The van der Waals surface area contributed by atoms with Crippen LogP contribution in [0.2, 0.25) is 0 Å². The second kappa shape index (κ2) is 11.2. The molecular formula is C25H32N4O6. The molecule has 0 saturated carbocycles. The fourth-order valence-electron chi connectivity index (χ4n) is 4.21. The number of hydrogen-bond acceptors (Lipinski definition) is 7. The lowest BCUT2D eigenvalue weighted by Crippen LogP contribution is -2.55. The van der Waals surface area contributed by atoms with Crippen molar-refractivity contribution in [2.24, 2.45) is 11.5 Å². The molecule has 3 atom stereocenters. The first kappa shape index (κ1) is 26.0. The second-order valence-corrected chi connectivity index (χ2v) is 8.85. The largest absolute Gasteiger partial charge is 0.508 e. The zero-order valence-electron chi connectivity index (χ0n) is 19.6. The van der Waals surface area contributed by atoms with Crippen molar-refractivity contribution in [2.45, 2.75) is 50.2 Å². The van der Waals surface area contributed by atoms with E-state index in [0.29, 0.717) is 41.6 Å². The van der Waals surface area contributed by atoms with E-state index in [2.05, 4.69) is 5.32 Å².